The van der Waals surface area contributed by atoms with Crippen molar-refractivity contribution in [1.82, 2.24) is 9.88 Å². The fourth-order valence-electron chi connectivity index (χ4n) is 3.48. The maximum Gasteiger partial charge on any atom is 0.266 e. The Labute approximate surface area is 185 Å². The average molecular weight is 437 g/mol. The number of amides is 1. The van der Waals surface area contributed by atoms with E-state index >= 15 is 0 Å². The van der Waals surface area contributed by atoms with Crippen LogP contribution in [0.3, 0.4) is 0 Å². The third-order valence-electron chi connectivity index (χ3n) is 5.43. The van der Waals surface area contributed by atoms with E-state index in [-0.39, 0.29) is 11.6 Å². The minimum absolute atomic E-state index is 0.158. The molecule has 1 fully saturated rings. The molecular formula is C23H24N4O3S. The number of nitriles is 1. The van der Waals surface area contributed by atoms with E-state index in [1.807, 2.05) is 9.80 Å². The highest BCUT2D eigenvalue weighted by atomic mass is 32.2. The van der Waals surface area contributed by atoms with Crippen molar-refractivity contribution in [2.75, 3.05) is 36.8 Å². The van der Waals surface area contributed by atoms with Crippen LogP contribution in [0, 0.1) is 25.2 Å². The first kappa shape index (κ1) is 21.1. The van der Waals surface area contributed by atoms with Gasteiger partial charge in [0, 0.05) is 43.2 Å². The molecule has 0 radical (unpaired) electrons. The number of thioether (sulfide) groups is 1. The lowest BCUT2D eigenvalue weighted by atomic mass is 10.1. The fourth-order valence-corrected chi connectivity index (χ4v) is 4.42. The molecule has 31 heavy (non-hydrogen) atoms. The van der Waals surface area contributed by atoms with E-state index in [1.54, 1.807) is 23.9 Å². The number of furan rings is 1. The Hall–Kier alpha value is -3.18. The number of carbonyl (C=O) groups excluding carboxylic acids is 1. The molecule has 8 heteroatoms. The predicted octanol–water partition coefficient (Wildman–Crippen LogP) is 4.25. The molecule has 1 aromatic carbocycles. The highest BCUT2D eigenvalue weighted by Crippen LogP contribution is 2.29. The maximum absolute atomic E-state index is 12.6. The third kappa shape index (κ3) is 4.78. The van der Waals surface area contributed by atoms with E-state index < -0.39 is 0 Å². The number of aromatic nitrogens is 1. The highest BCUT2D eigenvalue weighted by molar-refractivity contribution is 7.99. The highest BCUT2D eigenvalue weighted by Gasteiger charge is 2.26. The van der Waals surface area contributed by atoms with Gasteiger partial charge in [-0.25, -0.2) is 0 Å². The van der Waals surface area contributed by atoms with Gasteiger partial charge in [0.2, 0.25) is 17.5 Å². The normalized spacial score (nSPS) is 14.0. The van der Waals surface area contributed by atoms with Gasteiger partial charge in [0.15, 0.2) is 5.76 Å². The molecule has 0 saturated carbocycles. The largest absolute Gasteiger partial charge is 0.459 e. The van der Waals surface area contributed by atoms with E-state index in [1.165, 1.54) is 22.3 Å². The van der Waals surface area contributed by atoms with Crippen molar-refractivity contribution in [3.05, 3.63) is 53.4 Å². The Kier molecular flexibility index (Phi) is 6.33. The topological polar surface area (TPSA) is 86.5 Å². The molecule has 0 aliphatic carbocycles. The van der Waals surface area contributed by atoms with Crippen LogP contribution in [0.4, 0.5) is 5.88 Å². The Balaban J connectivity index is 1.30. The predicted molar refractivity (Wildman–Crippen MR) is 119 cm³/mol. The van der Waals surface area contributed by atoms with Gasteiger partial charge in [-0.3, -0.25) is 4.79 Å². The van der Waals surface area contributed by atoms with Crippen LogP contribution in [0.1, 0.15) is 23.2 Å². The zero-order valence-corrected chi connectivity index (χ0v) is 18.4. The van der Waals surface area contributed by atoms with Gasteiger partial charge in [-0.15, -0.1) is 11.8 Å². The first-order chi connectivity index (χ1) is 15.0. The number of anilines is 1. The maximum atomic E-state index is 12.6. The molecule has 1 saturated heterocycles. The van der Waals surface area contributed by atoms with Crippen molar-refractivity contribution in [2.45, 2.75) is 25.2 Å². The van der Waals surface area contributed by atoms with Crippen molar-refractivity contribution in [3.8, 4) is 17.7 Å². The Morgan fingerprint density at radius 1 is 1.19 bits per heavy atom. The summed E-state index contributed by atoms with van der Waals surface area (Å²) in [4.78, 5) is 21.9. The lowest BCUT2D eigenvalue weighted by Crippen LogP contribution is -2.49. The Bertz CT molecular complexity index is 1090. The van der Waals surface area contributed by atoms with Crippen LogP contribution in [0.5, 0.6) is 0 Å². The van der Waals surface area contributed by atoms with Gasteiger partial charge in [-0.1, -0.05) is 6.07 Å². The summed E-state index contributed by atoms with van der Waals surface area (Å²) >= 11 is 1.71. The molecule has 0 unspecified atom stereocenters. The van der Waals surface area contributed by atoms with Crippen LogP contribution in [0.2, 0.25) is 0 Å². The summed E-state index contributed by atoms with van der Waals surface area (Å²) in [5.41, 5.74) is 2.78. The number of aryl methyl sites for hydroxylation is 2. The lowest BCUT2D eigenvalue weighted by molar-refractivity contribution is -0.131. The molecule has 1 amide bonds. The van der Waals surface area contributed by atoms with E-state index in [0.717, 1.165) is 5.75 Å². The lowest BCUT2D eigenvalue weighted by Gasteiger charge is -2.34. The van der Waals surface area contributed by atoms with Crippen molar-refractivity contribution in [2.24, 2.45) is 0 Å². The molecule has 1 aliphatic heterocycles. The average Bonchev–Trinajstić information content (AvgIpc) is 3.46. The summed E-state index contributed by atoms with van der Waals surface area (Å²) in [5, 5.41) is 9.43. The summed E-state index contributed by atoms with van der Waals surface area (Å²) in [6.07, 6.45) is 2.04. The number of rotatable bonds is 6. The SMILES string of the molecule is Cc1ccc(SCCC(=O)N2CCN(c3oc(-c4ccco4)nc3C#N)CC2)cc1C. The summed E-state index contributed by atoms with van der Waals surface area (Å²) in [7, 11) is 0. The first-order valence-corrected chi connectivity index (χ1v) is 11.2. The molecule has 1 aliphatic rings. The Morgan fingerprint density at radius 2 is 2.00 bits per heavy atom. The van der Waals surface area contributed by atoms with Crippen LogP contribution in [-0.2, 0) is 4.79 Å². The van der Waals surface area contributed by atoms with Crippen LogP contribution < -0.4 is 4.90 Å². The van der Waals surface area contributed by atoms with Crippen LogP contribution >= 0.6 is 11.8 Å². The molecule has 7 nitrogen and oxygen atoms in total. The molecule has 2 aromatic heterocycles. The molecule has 160 valence electrons. The minimum Gasteiger partial charge on any atom is -0.459 e. The molecule has 0 spiro atoms. The van der Waals surface area contributed by atoms with Crippen LogP contribution in [-0.4, -0.2) is 47.7 Å². The second-order valence-corrected chi connectivity index (χ2v) is 8.64. The molecule has 3 aromatic rings. The second kappa shape index (κ2) is 9.31. The number of piperazine rings is 1. The monoisotopic (exact) mass is 436 g/mol. The number of oxazole rings is 1. The van der Waals surface area contributed by atoms with E-state index in [9.17, 15) is 10.1 Å². The van der Waals surface area contributed by atoms with Gasteiger partial charge >= 0.3 is 0 Å². The molecule has 0 bridgehead atoms. The summed E-state index contributed by atoms with van der Waals surface area (Å²) in [6.45, 7) is 6.58. The van der Waals surface area contributed by atoms with Crippen LogP contribution in [0.15, 0.2) is 50.3 Å². The molecular weight excluding hydrogens is 412 g/mol. The smallest absolute Gasteiger partial charge is 0.266 e. The molecule has 4 rings (SSSR count). The van der Waals surface area contributed by atoms with Crippen molar-refractivity contribution >= 4 is 23.6 Å². The number of carbonyl (C=O) groups is 1. The quantitative estimate of drug-likeness (QED) is 0.534. The van der Waals surface area contributed by atoms with Crippen LogP contribution in [0.25, 0.3) is 11.7 Å². The molecule has 0 atom stereocenters. The minimum atomic E-state index is 0.158. The second-order valence-electron chi connectivity index (χ2n) is 7.47. The number of hydrogen-bond donors (Lipinski definition) is 0. The zero-order valence-electron chi connectivity index (χ0n) is 17.6. The fraction of sp³-hybridized carbons (Fsp3) is 0.348. The molecule has 3 heterocycles. The number of hydrogen-bond acceptors (Lipinski definition) is 7. The van der Waals surface area contributed by atoms with Crippen molar-refractivity contribution in [1.29, 1.82) is 5.26 Å². The summed E-state index contributed by atoms with van der Waals surface area (Å²) in [6, 6.07) is 12.0. The summed E-state index contributed by atoms with van der Waals surface area (Å²) < 4.78 is 11.1. The first-order valence-electron chi connectivity index (χ1n) is 10.2. The van der Waals surface area contributed by atoms with Gasteiger partial charge in [-0.2, -0.15) is 10.2 Å². The van der Waals surface area contributed by atoms with Crippen molar-refractivity contribution in [3.63, 3.8) is 0 Å². The van der Waals surface area contributed by atoms with Gasteiger partial charge in [0.1, 0.15) is 6.07 Å². The van der Waals surface area contributed by atoms with E-state index in [4.69, 9.17) is 8.83 Å². The number of benzene rings is 1. The van der Waals surface area contributed by atoms with Gasteiger partial charge < -0.3 is 18.6 Å². The van der Waals surface area contributed by atoms with Gasteiger partial charge in [0.05, 0.1) is 6.26 Å². The van der Waals surface area contributed by atoms with Gasteiger partial charge in [0.25, 0.3) is 5.89 Å². The van der Waals surface area contributed by atoms with Crippen molar-refractivity contribution < 1.29 is 13.6 Å². The van der Waals surface area contributed by atoms with Gasteiger partial charge in [-0.05, 0) is 49.2 Å². The van der Waals surface area contributed by atoms with E-state index in [2.05, 4.69) is 43.1 Å². The molecule has 0 N–H and O–H groups in total. The number of nitrogens with zero attached hydrogens (tertiary/aromatic N) is 4. The summed E-state index contributed by atoms with van der Waals surface area (Å²) in [5.74, 6) is 2.13. The standard InChI is InChI=1S/C23H24N4O3S/c1-16-5-6-18(14-17(16)2)31-13-7-21(28)26-8-10-27(11-9-26)23-19(15-24)25-22(30-23)20-4-3-12-29-20/h3-6,12,14H,7-11,13H2,1-2H3. The zero-order chi connectivity index (χ0) is 21.8. The third-order valence-corrected chi connectivity index (χ3v) is 6.43. The van der Waals surface area contributed by atoms with E-state index in [0.29, 0.717) is 50.1 Å². The Morgan fingerprint density at radius 3 is 2.68 bits per heavy atom.